The Hall–Kier alpha value is -1.25. The third kappa shape index (κ3) is 3.91. The molecule has 0 aromatic heterocycles. The van der Waals surface area contributed by atoms with E-state index < -0.39 is 11.6 Å². The van der Waals surface area contributed by atoms with E-state index in [1.165, 1.54) is 6.07 Å². The number of hydrogen-bond donors (Lipinski definition) is 0. The fourth-order valence-electron chi connectivity index (χ4n) is 1.56. The highest BCUT2D eigenvalue weighted by atomic mass is 19.2. The summed E-state index contributed by atoms with van der Waals surface area (Å²) in [6, 6.07) is 4.14. The number of benzene rings is 1. The third-order valence-corrected chi connectivity index (χ3v) is 2.72. The molecule has 0 aliphatic heterocycles. The van der Waals surface area contributed by atoms with Crippen molar-refractivity contribution in [2.75, 3.05) is 0 Å². The molecule has 0 amide bonds. The van der Waals surface area contributed by atoms with Crippen molar-refractivity contribution in [3.63, 3.8) is 0 Å². The number of carbonyl (C=O) groups excluding carboxylic acids is 1. The lowest BCUT2D eigenvalue weighted by Gasteiger charge is -2.16. The maximum absolute atomic E-state index is 13.3. The van der Waals surface area contributed by atoms with E-state index in [1.807, 2.05) is 20.8 Å². The minimum Gasteiger partial charge on any atom is -0.299 e. The van der Waals surface area contributed by atoms with Crippen molar-refractivity contribution in [3.8, 4) is 0 Å². The van der Waals surface area contributed by atoms with Gasteiger partial charge in [0.25, 0.3) is 0 Å². The normalized spacial score (nSPS) is 11.6. The third-order valence-electron chi connectivity index (χ3n) is 2.72. The van der Waals surface area contributed by atoms with Gasteiger partial charge in [0.2, 0.25) is 0 Å². The molecule has 0 heterocycles. The number of aryl methyl sites for hydroxylation is 1. The SMILES string of the molecule is CC(C)(C)C(=O)CCCc1cccc(F)c1F. The van der Waals surface area contributed by atoms with Gasteiger partial charge in [-0.05, 0) is 24.5 Å². The Morgan fingerprint density at radius 2 is 1.88 bits per heavy atom. The standard InChI is InChI=1S/C14H18F2O/c1-14(2,3)12(17)9-5-7-10-6-4-8-11(15)13(10)16/h4,6,8H,5,7,9H2,1-3H3. The van der Waals surface area contributed by atoms with E-state index in [0.717, 1.165) is 6.07 Å². The average Bonchev–Trinajstić information content (AvgIpc) is 2.22. The molecule has 94 valence electrons. The van der Waals surface area contributed by atoms with Crippen LogP contribution >= 0.6 is 0 Å². The molecule has 0 aliphatic rings. The monoisotopic (exact) mass is 240 g/mol. The molecule has 0 unspecified atom stereocenters. The van der Waals surface area contributed by atoms with Crippen molar-refractivity contribution < 1.29 is 13.6 Å². The Morgan fingerprint density at radius 3 is 2.47 bits per heavy atom. The zero-order valence-corrected chi connectivity index (χ0v) is 10.5. The summed E-state index contributed by atoms with van der Waals surface area (Å²) < 4.78 is 26.2. The van der Waals surface area contributed by atoms with E-state index in [-0.39, 0.29) is 11.2 Å². The molecule has 1 aromatic rings. The van der Waals surface area contributed by atoms with Crippen molar-refractivity contribution in [1.29, 1.82) is 0 Å². The molecular formula is C14H18F2O. The van der Waals surface area contributed by atoms with Crippen LogP contribution in [-0.4, -0.2) is 5.78 Å². The molecular weight excluding hydrogens is 222 g/mol. The predicted molar refractivity (Wildman–Crippen MR) is 63.8 cm³/mol. The Labute approximate surface area is 101 Å². The largest absolute Gasteiger partial charge is 0.299 e. The van der Waals surface area contributed by atoms with Crippen LogP contribution < -0.4 is 0 Å². The first-order chi connectivity index (χ1) is 7.82. The maximum atomic E-state index is 13.3. The number of carbonyl (C=O) groups is 1. The molecule has 3 heteroatoms. The first-order valence-electron chi connectivity index (χ1n) is 5.78. The highest BCUT2D eigenvalue weighted by Crippen LogP contribution is 2.19. The van der Waals surface area contributed by atoms with Crippen LogP contribution in [0.1, 0.15) is 39.2 Å². The summed E-state index contributed by atoms with van der Waals surface area (Å²) in [5.74, 6) is -1.48. The smallest absolute Gasteiger partial charge is 0.162 e. The highest BCUT2D eigenvalue weighted by molar-refractivity contribution is 5.83. The van der Waals surface area contributed by atoms with E-state index in [9.17, 15) is 13.6 Å². The second-order valence-electron chi connectivity index (χ2n) is 5.24. The second kappa shape index (κ2) is 5.39. The van der Waals surface area contributed by atoms with E-state index in [0.29, 0.717) is 24.8 Å². The summed E-state index contributed by atoms with van der Waals surface area (Å²) in [6.45, 7) is 5.58. The van der Waals surface area contributed by atoms with Crippen LogP contribution in [0.25, 0.3) is 0 Å². The predicted octanol–water partition coefficient (Wildman–Crippen LogP) is 3.90. The lowest BCUT2D eigenvalue weighted by Crippen LogP contribution is -2.19. The van der Waals surface area contributed by atoms with E-state index in [2.05, 4.69) is 0 Å². The first kappa shape index (κ1) is 13.8. The molecule has 1 aromatic carbocycles. The topological polar surface area (TPSA) is 17.1 Å². The van der Waals surface area contributed by atoms with Gasteiger partial charge in [-0.2, -0.15) is 0 Å². The summed E-state index contributed by atoms with van der Waals surface area (Å²) in [5.41, 5.74) is -0.0211. The second-order valence-corrected chi connectivity index (χ2v) is 5.24. The summed E-state index contributed by atoms with van der Waals surface area (Å²) in [7, 11) is 0. The molecule has 0 radical (unpaired) electrons. The van der Waals surface area contributed by atoms with Gasteiger partial charge in [0.05, 0.1) is 0 Å². The van der Waals surface area contributed by atoms with Gasteiger partial charge in [0, 0.05) is 11.8 Å². The summed E-state index contributed by atoms with van der Waals surface area (Å²) >= 11 is 0. The quantitative estimate of drug-likeness (QED) is 0.780. The van der Waals surface area contributed by atoms with Crippen LogP contribution in [-0.2, 0) is 11.2 Å². The van der Waals surface area contributed by atoms with Gasteiger partial charge in [-0.25, -0.2) is 8.78 Å². The fraction of sp³-hybridized carbons (Fsp3) is 0.500. The van der Waals surface area contributed by atoms with Crippen molar-refractivity contribution >= 4 is 5.78 Å². The molecule has 0 bridgehead atoms. The molecule has 1 nitrogen and oxygen atoms in total. The Morgan fingerprint density at radius 1 is 1.24 bits per heavy atom. The molecule has 0 aliphatic carbocycles. The molecule has 0 saturated carbocycles. The molecule has 17 heavy (non-hydrogen) atoms. The van der Waals surface area contributed by atoms with E-state index in [1.54, 1.807) is 6.07 Å². The fourth-order valence-corrected chi connectivity index (χ4v) is 1.56. The highest BCUT2D eigenvalue weighted by Gasteiger charge is 2.20. The van der Waals surface area contributed by atoms with Crippen molar-refractivity contribution in [3.05, 3.63) is 35.4 Å². The maximum Gasteiger partial charge on any atom is 0.162 e. The summed E-state index contributed by atoms with van der Waals surface area (Å²) in [4.78, 5) is 11.6. The van der Waals surface area contributed by atoms with Crippen molar-refractivity contribution in [1.82, 2.24) is 0 Å². The van der Waals surface area contributed by atoms with Gasteiger partial charge in [-0.15, -0.1) is 0 Å². The van der Waals surface area contributed by atoms with E-state index in [4.69, 9.17) is 0 Å². The number of halogens is 2. The Kier molecular flexibility index (Phi) is 4.38. The van der Waals surface area contributed by atoms with E-state index >= 15 is 0 Å². The van der Waals surface area contributed by atoms with Crippen LogP contribution in [0, 0.1) is 17.0 Å². The number of ketones is 1. The number of rotatable bonds is 4. The summed E-state index contributed by atoms with van der Waals surface area (Å²) in [6.07, 6.45) is 1.35. The minimum absolute atomic E-state index is 0.148. The Balaban J connectivity index is 2.52. The Bertz CT molecular complexity index is 405. The van der Waals surface area contributed by atoms with Crippen LogP contribution in [0.15, 0.2) is 18.2 Å². The van der Waals surface area contributed by atoms with Crippen LogP contribution in [0.5, 0.6) is 0 Å². The zero-order chi connectivity index (χ0) is 13.1. The first-order valence-corrected chi connectivity index (χ1v) is 5.78. The van der Waals surface area contributed by atoms with Gasteiger partial charge in [-0.3, -0.25) is 4.79 Å². The van der Waals surface area contributed by atoms with Gasteiger partial charge in [-0.1, -0.05) is 32.9 Å². The van der Waals surface area contributed by atoms with Crippen molar-refractivity contribution in [2.45, 2.75) is 40.0 Å². The molecule has 0 spiro atoms. The van der Waals surface area contributed by atoms with Crippen LogP contribution in [0.3, 0.4) is 0 Å². The molecule has 0 saturated heterocycles. The van der Waals surface area contributed by atoms with Crippen LogP contribution in [0.4, 0.5) is 8.78 Å². The summed E-state index contributed by atoms with van der Waals surface area (Å²) in [5, 5.41) is 0. The van der Waals surface area contributed by atoms with Crippen LogP contribution in [0.2, 0.25) is 0 Å². The molecule has 0 atom stereocenters. The molecule has 0 fully saturated rings. The van der Waals surface area contributed by atoms with Crippen molar-refractivity contribution in [2.24, 2.45) is 5.41 Å². The van der Waals surface area contributed by atoms with Gasteiger partial charge >= 0.3 is 0 Å². The number of Topliss-reactive ketones (excluding diaryl/α,β-unsaturated/α-hetero) is 1. The molecule has 1 rings (SSSR count). The zero-order valence-electron chi connectivity index (χ0n) is 10.5. The van der Waals surface area contributed by atoms with Gasteiger partial charge < -0.3 is 0 Å². The number of hydrogen-bond acceptors (Lipinski definition) is 1. The lowest BCUT2D eigenvalue weighted by molar-refractivity contribution is -0.126. The van der Waals surface area contributed by atoms with Gasteiger partial charge in [0.15, 0.2) is 11.6 Å². The van der Waals surface area contributed by atoms with Gasteiger partial charge in [0.1, 0.15) is 5.78 Å². The molecule has 0 N–H and O–H groups in total. The average molecular weight is 240 g/mol. The minimum atomic E-state index is -0.829. The lowest BCUT2D eigenvalue weighted by atomic mass is 9.87.